The number of ether oxygens (including phenoxy) is 2. The van der Waals surface area contributed by atoms with Gasteiger partial charge in [-0.3, -0.25) is 0 Å². The Morgan fingerprint density at radius 3 is 1.47 bits per heavy atom. The van der Waals surface area contributed by atoms with Gasteiger partial charge in [0.05, 0.1) is 24.7 Å². The maximum atomic E-state index is 11.6. The lowest BCUT2D eigenvalue weighted by Gasteiger charge is -2.06. The van der Waals surface area contributed by atoms with Crippen molar-refractivity contribution in [2.75, 3.05) is 37.9 Å². The largest absolute Gasteiger partial charge is 0.380 e. The van der Waals surface area contributed by atoms with E-state index in [0.717, 1.165) is 38.5 Å². The number of hydrogen-bond acceptors (Lipinski definition) is 4. The van der Waals surface area contributed by atoms with Crippen LogP contribution in [0, 0.1) is 0 Å². The van der Waals surface area contributed by atoms with Gasteiger partial charge in [0.15, 0.2) is 9.84 Å². The van der Waals surface area contributed by atoms with Crippen molar-refractivity contribution in [3.63, 3.8) is 0 Å². The van der Waals surface area contributed by atoms with Crippen LogP contribution in [0.25, 0.3) is 0 Å². The molecule has 0 amide bonds. The molecule has 0 aromatic rings. The summed E-state index contributed by atoms with van der Waals surface area (Å²) in [5.74, 6) is 0.217. The monoisotopic (exact) mass is 294 g/mol. The van der Waals surface area contributed by atoms with Crippen molar-refractivity contribution in [3.8, 4) is 0 Å². The molecule has 0 aromatic carbocycles. The topological polar surface area (TPSA) is 52.6 Å². The smallest absolute Gasteiger partial charge is 0.154 e. The average Bonchev–Trinajstić information content (AvgIpc) is 2.38. The fourth-order valence-electron chi connectivity index (χ4n) is 1.59. The van der Waals surface area contributed by atoms with Gasteiger partial charge >= 0.3 is 0 Å². The van der Waals surface area contributed by atoms with E-state index in [0.29, 0.717) is 26.4 Å². The zero-order chi connectivity index (χ0) is 14.4. The lowest BCUT2D eigenvalue weighted by atomic mass is 10.3. The van der Waals surface area contributed by atoms with Gasteiger partial charge in [-0.2, -0.15) is 0 Å². The van der Waals surface area contributed by atoms with Crippen LogP contribution in [0.3, 0.4) is 0 Å². The third-order valence-corrected chi connectivity index (χ3v) is 4.44. The highest BCUT2D eigenvalue weighted by Crippen LogP contribution is 1.98. The van der Waals surface area contributed by atoms with Crippen LogP contribution >= 0.6 is 0 Å². The van der Waals surface area contributed by atoms with Crippen molar-refractivity contribution < 1.29 is 17.9 Å². The van der Waals surface area contributed by atoms with E-state index in [2.05, 4.69) is 13.8 Å². The summed E-state index contributed by atoms with van der Waals surface area (Å²) in [5, 5.41) is 0. The molecule has 0 heterocycles. The third-order valence-electron chi connectivity index (χ3n) is 2.86. The van der Waals surface area contributed by atoms with Gasteiger partial charge < -0.3 is 9.47 Å². The van der Waals surface area contributed by atoms with Crippen LogP contribution in [-0.2, 0) is 19.3 Å². The van der Waals surface area contributed by atoms with Crippen molar-refractivity contribution in [1.82, 2.24) is 0 Å². The van der Waals surface area contributed by atoms with Crippen molar-refractivity contribution in [2.24, 2.45) is 0 Å². The van der Waals surface area contributed by atoms with E-state index in [1.165, 1.54) is 0 Å². The molecule has 0 saturated heterocycles. The molecular formula is C14H30O4S. The lowest BCUT2D eigenvalue weighted by molar-refractivity contribution is 0.141. The Labute approximate surface area is 118 Å². The van der Waals surface area contributed by atoms with Crippen molar-refractivity contribution >= 4 is 9.84 Å². The maximum absolute atomic E-state index is 11.6. The first kappa shape index (κ1) is 18.9. The Hall–Kier alpha value is -0.130. The summed E-state index contributed by atoms with van der Waals surface area (Å²) in [5.41, 5.74) is 0. The number of rotatable bonds is 14. The van der Waals surface area contributed by atoms with E-state index in [-0.39, 0.29) is 11.5 Å². The Bertz CT molecular complexity index is 253. The molecule has 0 bridgehead atoms. The van der Waals surface area contributed by atoms with Crippen LogP contribution in [0.5, 0.6) is 0 Å². The van der Waals surface area contributed by atoms with Crippen LogP contribution in [0.1, 0.15) is 52.4 Å². The molecule has 0 radical (unpaired) electrons. The number of unbranched alkanes of at least 4 members (excludes halogenated alkanes) is 4. The lowest BCUT2D eigenvalue weighted by Crippen LogP contribution is -2.19. The molecule has 0 unspecified atom stereocenters. The predicted molar refractivity (Wildman–Crippen MR) is 79.3 cm³/mol. The van der Waals surface area contributed by atoms with Crippen LogP contribution in [0.4, 0.5) is 0 Å². The van der Waals surface area contributed by atoms with Gasteiger partial charge in [-0.25, -0.2) is 8.42 Å². The van der Waals surface area contributed by atoms with Gasteiger partial charge in [-0.1, -0.05) is 39.5 Å². The van der Waals surface area contributed by atoms with E-state index in [1.807, 2.05) is 0 Å². The molecule has 0 aliphatic rings. The molecule has 19 heavy (non-hydrogen) atoms. The third kappa shape index (κ3) is 14.1. The van der Waals surface area contributed by atoms with Gasteiger partial charge in [-0.15, -0.1) is 0 Å². The zero-order valence-corrected chi connectivity index (χ0v) is 13.3. The van der Waals surface area contributed by atoms with E-state index in [4.69, 9.17) is 9.47 Å². The Balaban J connectivity index is 3.42. The van der Waals surface area contributed by atoms with E-state index in [1.54, 1.807) is 0 Å². The molecule has 116 valence electrons. The minimum atomic E-state index is -3.02. The molecule has 5 heteroatoms. The van der Waals surface area contributed by atoms with Crippen LogP contribution in [0.2, 0.25) is 0 Å². The number of sulfone groups is 1. The summed E-state index contributed by atoms with van der Waals surface area (Å²) in [7, 11) is -3.02. The zero-order valence-electron chi connectivity index (χ0n) is 12.5. The fourth-order valence-corrected chi connectivity index (χ4v) is 2.53. The van der Waals surface area contributed by atoms with E-state index >= 15 is 0 Å². The molecule has 0 aliphatic heterocycles. The van der Waals surface area contributed by atoms with Gasteiger partial charge in [0, 0.05) is 13.2 Å². The summed E-state index contributed by atoms with van der Waals surface area (Å²) >= 11 is 0. The second-order valence-electron chi connectivity index (χ2n) is 4.79. The highest BCUT2D eigenvalue weighted by atomic mass is 32.2. The summed E-state index contributed by atoms with van der Waals surface area (Å²) < 4.78 is 33.9. The summed E-state index contributed by atoms with van der Waals surface area (Å²) in [6.07, 6.45) is 6.60. The molecule has 0 saturated carbocycles. The van der Waals surface area contributed by atoms with Crippen LogP contribution in [0.15, 0.2) is 0 Å². The predicted octanol–water partition coefficient (Wildman–Crippen LogP) is 2.81. The van der Waals surface area contributed by atoms with Gasteiger partial charge in [0.25, 0.3) is 0 Å². The summed E-state index contributed by atoms with van der Waals surface area (Å²) in [6.45, 7) is 6.20. The van der Waals surface area contributed by atoms with Crippen LogP contribution in [-0.4, -0.2) is 46.4 Å². The quantitative estimate of drug-likeness (QED) is 0.462. The van der Waals surface area contributed by atoms with Gasteiger partial charge in [-0.05, 0) is 12.8 Å². The van der Waals surface area contributed by atoms with E-state index < -0.39 is 9.84 Å². The fraction of sp³-hybridized carbons (Fsp3) is 1.00. The molecule has 0 atom stereocenters. The Kier molecular flexibility index (Phi) is 12.8. The first-order valence-corrected chi connectivity index (χ1v) is 9.30. The second-order valence-corrected chi connectivity index (χ2v) is 7.09. The highest BCUT2D eigenvalue weighted by molar-refractivity contribution is 7.91. The van der Waals surface area contributed by atoms with Crippen molar-refractivity contribution in [3.05, 3.63) is 0 Å². The van der Waals surface area contributed by atoms with Gasteiger partial charge in [0.1, 0.15) is 0 Å². The average molecular weight is 294 g/mol. The number of hydrogen-bond donors (Lipinski definition) is 0. The summed E-state index contributed by atoms with van der Waals surface area (Å²) in [4.78, 5) is 0. The maximum Gasteiger partial charge on any atom is 0.154 e. The molecular weight excluding hydrogens is 264 g/mol. The Morgan fingerprint density at radius 2 is 1.11 bits per heavy atom. The molecule has 0 fully saturated rings. The highest BCUT2D eigenvalue weighted by Gasteiger charge is 2.10. The SMILES string of the molecule is CCCCCOCCS(=O)(=O)CCOCCCCC. The molecule has 0 rings (SSSR count). The standard InChI is InChI=1S/C14H30O4S/c1-3-5-7-9-17-11-13-19(15,16)14-12-18-10-8-6-4-2/h3-14H2,1-2H3. The summed E-state index contributed by atoms with van der Waals surface area (Å²) in [6, 6.07) is 0. The van der Waals surface area contributed by atoms with Crippen LogP contribution < -0.4 is 0 Å². The molecule has 0 spiro atoms. The Morgan fingerprint density at radius 1 is 0.684 bits per heavy atom. The normalized spacial score (nSPS) is 11.9. The van der Waals surface area contributed by atoms with Crippen molar-refractivity contribution in [1.29, 1.82) is 0 Å². The first-order chi connectivity index (χ1) is 9.12. The molecule has 0 aromatic heterocycles. The second kappa shape index (κ2) is 12.9. The molecule has 0 N–H and O–H groups in total. The minimum absolute atomic E-state index is 0.109. The van der Waals surface area contributed by atoms with Gasteiger partial charge in [0.2, 0.25) is 0 Å². The van der Waals surface area contributed by atoms with E-state index in [9.17, 15) is 8.42 Å². The molecule has 0 aliphatic carbocycles. The molecule has 4 nitrogen and oxygen atoms in total. The first-order valence-electron chi connectivity index (χ1n) is 7.48. The minimum Gasteiger partial charge on any atom is -0.380 e. The van der Waals surface area contributed by atoms with Crippen molar-refractivity contribution in [2.45, 2.75) is 52.4 Å².